The van der Waals surface area contributed by atoms with E-state index >= 15 is 0 Å². The molecule has 90 valence electrons. The predicted molar refractivity (Wildman–Crippen MR) is 64.6 cm³/mol. The summed E-state index contributed by atoms with van der Waals surface area (Å²) in [5.41, 5.74) is 5.94. The Morgan fingerprint density at radius 3 is 2.00 bits per heavy atom. The predicted octanol–water partition coefficient (Wildman–Crippen LogP) is 2.01. The number of nitrogens with two attached hydrogens (primary N) is 1. The van der Waals surface area contributed by atoms with Crippen molar-refractivity contribution < 1.29 is 4.79 Å². The van der Waals surface area contributed by atoms with E-state index in [9.17, 15) is 4.79 Å². The van der Waals surface area contributed by atoms with Crippen LogP contribution in [-0.2, 0) is 4.79 Å². The van der Waals surface area contributed by atoms with Crippen LogP contribution in [0, 0.1) is 5.92 Å². The van der Waals surface area contributed by atoms with Crippen molar-refractivity contribution in [3.63, 3.8) is 0 Å². The maximum absolute atomic E-state index is 12.0. The van der Waals surface area contributed by atoms with Gasteiger partial charge in [-0.1, -0.05) is 34.1 Å². The Balaban J connectivity index is 4.33. The summed E-state index contributed by atoms with van der Waals surface area (Å²) in [6.07, 6.45) is 2.96. The van der Waals surface area contributed by atoms with E-state index in [1.54, 1.807) is 0 Å². The number of rotatable bonds is 7. The van der Waals surface area contributed by atoms with Crippen LogP contribution >= 0.6 is 0 Å². The van der Waals surface area contributed by atoms with Crippen molar-refractivity contribution in [1.82, 2.24) is 4.90 Å². The highest BCUT2D eigenvalue weighted by Crippen LogP contribution is 2.09. The minimum Gasteiger partial charge on any atom is -0.341 e. The highest BCUT2D eigenvalue weighted by atomic mass is 16.2. The summed E-state index contributed by atoms with van der Waals surface area (Å²) in [6.45, 7) is 9.95. The molecule has 0 saturated heterocycles. The van der Waals surface area contributed by atoms with Crippen LogP contribution in [0.15, 0.2) is 0 Å². The lowest BCUT2D eigenvalue weighted by Crippen LogP contribution is -2.47. The third-order valence-electron chi connectivity index (χ3n) is 2.84. The Labute approximate surface area is 94.0 Å². The second-order valence-corrected chi connectivity index (χ2v) is 4.24. The number of carbonyl (C=O) groups excluding carboxylic acids is 1. The highest BCUT2D eigenvalue weighted by Gasteiger charge is 2.23. The molecule has 0 aromatic rings. The van der Waals surface area contributed by atoms with Gasteiger partial charge < -0.3 is 10.6 Å². The van der Waals surface area contributed by atoms with Gasteiger partial charge in [0.05, 0.1) is 6.04 Å². The van der Waals surface area contributed by atoms with Crippen molar-refractivity contribution in [2.45, 2.75) is 53.0 Å². The van der Waals surface area contributed by atoms with E-state index in [-0.39, 0.29) is 17.9 Å². The van der Waals surface area contributed by atoms with Crippen molar-refractivity contribution in [2.75, 3.05) is 13.1 Å². The topological polar surface area (TPSA) is 46.3 Å². The van der Waals surface area contributed by atoms with Crippen LogP contribution in [0.3, 0.4) is 0 Å². The quantitative estimate of drug-likeness (QED) is 0.704. The summed E-state index contributed by atoms with van der Waals surface area (Å²) in [5, 5.41) is 0. The van der Waals surface area contributed by atoms with Gasteiger partial charge in [0.25, 0.3) is 0 Å². The van der Waals surface area contributed by atoms with Gasteiger partial charge in [-0.15, -0.1) is 0 Å². The van der Waals surface area contributed by atoms with Crippen LogP contribution in [-0.4, -0.2) is 29.9 Å². The molecule has 2 N–H and O–H groups in total. The van der Waals surface area contributed by atoms with Gasteiger partial charge in [0.2, 0.25) is 5.91 Å². The molecule has 0 bridgehead atoms. The van der Waals surface area contributed by atoms with Gasteiger partial charge in [-0.25, -0.2) is 0 Å². The second-order valence-electron chi connectivity index (χ2n) is 4.24. The summed E-state index contributed by atoms with van der Waals surface area (Å²) in [6, 6.07) is -0.326. The average Bonchev–Trinajstić information content (AvgIpc) is 2.25. The van der Waals surface area contributed by atoms with E-state index in [2.05, 4.69) is 20.8 Å². The van der Waals surface area contributed by atoms with E-state index in [1.165, 1.54) is 0 Å². The number of hydrogen-bond acceptors (Lipinski definition) is 2. The summed E-state index contributed by atoms with van der Waals surface area (Å²) in [7, 11) is 0. The van der Waals surface area contributed by atoms with Crippen LogP contribution in [0.2, 0.25) is 0 Å². The average molecular weight is 214 g/mol. The van der Waals surface area contributed by atoms with Crippen LogP contribution in [0.5, 0.6) is 0 Å². The van der Waals surface area contributed by atoms with E-state index in [1.807, 2.05) is 11.8 Å². The van der Waals surface area contributed by atoms with Crippen LogP contribution in [0.4, 0.5) is 0 Å². The lowest BCUT2D eigenvalue weighted by molar-refractivity contribution is -0.133. The third kappa shape index (κ3) is 4.65. The zero-order chi connectivity index (χ0) is 11.8. The molecule has 15 heavy (non-hydrogen) atoms. The lowest BCUT2D eigenvalue weighted by atomic mass is 9.99. The molecular formula is C12H26N2O. The van der Waals surface area contributed by atoms with Crippen molar-refractivity contribution in [3.05, 3.63) is 0 Å². The van der Waals surface area contributed by atoms with Crippen molar-refractivity contribution >= 4 is 5.91 Å². The minimum atomic E-state index is -0.326. The van der Waals surface area contributed by atoms with Crippen LogP contribution in [0.1, 0.15) is 47.0 Å². The van der Waals surface area contributed by atoms with Gasteiger partial charge in [-0.3, -0.25) is 4.79 Å². The Kier molecular flexibility index (Phi) is 7.39. The normalized spacial score (nSPS) is 14.7. The van der Waals surface area contributed by atoms with Gasteiger partial charge in [-0.2, -0.15) is 0 Å². The van der Waals surface area contributed by atoms with E-state index in [0.717, 1.165) is 32.4 Å². The molecule has 0 aliphatic heterocycles. The molecule has 0 spiro atoms. The van der Waals surface area contributed by atoms with Gasteiger partial charge in [0.15, 0.2) is 0 Å². The molecule has 3 heteroatoms. The van der Waals surface area contributed by atoms with Crippen molar-refractivity contribution in [2.24, 2.45) is 11.7 Å². The maximum Gasteiger partial charge on any atom is 0.239 e. The van der Waals surface area contributed by atoms with Gasteiger partial charge >= 0.3 is 0 Å². The molecule has 0 fully saturated rings. The SMILES string of the molecule is CCCN(CCC)C(=O)[C@@H](N)C(C)CC. The molecule has 0 radical (unpaired) electrons. The number of hydrogen-bond donors (Lipinski definition) is 1. The molecule has 1 amide bonds. The molecule has 0 aromatic carbocycles. The molecule has 0 aliphatic carbocycles. The number of nitrogens with zero attached hydrogens (tertiary/aromatic N) is 1. The first kappa shape index (κ1) is 14.4. The molecule has 0 aromatic heterocycles. The first-order chi connectivity index (χ1) is 7.08. The molecule has 0 aliphatic rings. The minimum absolute atomic E-state index is 0.119. The summed E-state index contributed by atoms with van der Waals surface area (Å²) >= 11 is 0. The lowest BCUT2D eigenvalue weighted by Gasteiger charge is -2.27. The van der Waals surface area contributed by atoms with Gasteiger partial charge in [0, 0.05) is 13.1 Å². The summed E-state index contributed by atoms with van der Waals surface area (Å²) in [4.78, 5) is 13.9. The first-order valence-electron chi connectivity index (χ1n) is 6.12. The maximum atomic E-state index is 12.0. The smallest absolute Gasteiger partial charge is 0.239 e. The summed E-state index contributed by atoms with van der Waals surface area (Å²) in [5.74, 6) is 0.391. The summed E-state index contributed by atoms with van der Waals surface area (Å²) < 4.78 is 0. The van der Waals surface area contributed by atoms with Gasteiger partial charge in [-0.05, 0) is 18.8 Å². The van der Waals surface area contributed by atoms with Crippen molar-refractivity contribution in [1.29, 1.82) is 0 Å². The Morgan fingerprint density at radius 1 is 1.20 bits per heavy atom. The zero-order valence-corrected chi connectivity index (χ0v) is 10.6. The number of amides is 1. The fraction of sp³-hybridized carbons (Fsp3) is 0.917. The molecule has 0 rings (SSSR count). The molecule has 1 unspecified atom stereocenters. The van der Waals surface area contributed by atoms with E-state index in [4.69, 9.17) is 5.73 Å². The van der Waals surface area contributed by atoms with Crippen LogP contribution < -0.4 is 5.73 Å². The fourth-order valence-corrected chi connectivity index (χ4v) is 1.58. The largest absolute Gasteiger partial charge is 0.341 e. The monoisotopic (exact) mass is 214 g/mol. The van der Waals surface area contributed by atoms with Gasteiger partial charge in [0.1, 0.15) is 0 Å². The second kappa shape index (κ2) is 7.69. The molecule has 3 nitrogen and oxygen atoms in total. The first-order valence-corrected chi connectivity index (χ1v) is 6.12. The Morgan fingerprint density at radius 2 is 1.67 bits per heavy atom. The molecule has 0 heterocycles. The fourth-order valence-electron chi connectivity index (χ4n) is 1.58. The Bertz CT molecular complexity index is 176. The van der Waals surface area contributed by atoms with E-state index < -0.39 is 0 Å². The third-order valence-corrected chi connectivity index (χ3v) is 2.84. The van der Waals surface area contributed by atoms with Crippen molar-refractivity contribution in [3.8, 4) is 0 Å². The molecule has 0 saturated carbocycles. The zero-order valence-electron chi connectivity index (χ0n) is 10.6. The molecule has 2 atom stereocenters. The standard InChI is InChI=1S/C12H26N2O/c1-5-8-14(9-6-2)12(15)11(13)10(4)7-3/h10-11H,5-9,13H2,1-4H3/t10?,11-/m0/s1. The highest BCUT2D eigenvalue weighted by molar-refractivity contribution is 5.81. The number of carbonyl (C=O) groups is 1. The Hall–Kier alpha value is -0.570. The molecular weight excluding hydrogens is 188 g/mol. The van der Waals surface area contributed by atoms with E-state index in [0.29, 0.717) is 0 Å². The van der Waals surface area contributed by atoms with Crippen LogP contribution in [0.25, 0.3) is 0 Å².